The van der Waals surface area contributed by atoms with Crippen LogP contribution in [0, 0.1) is 17.2 Å². The van der Waals surface area contributed by atoms with E-state index in [-0.39, 0.29) is 11.7 Å². The molecule has 1 aliphatic rings. The molecule has 1 N–H and O–H groups in total. The van der Waals surface area contributed by atoms with Gasteiger partial charge in [-0.3, -0.25) is 0 Å². The molecule has 0 aromatic rings. The molecule has 1 rings (SSSR count). The van der Waals surface area contributed by atoms with E-state index in [0.717, 1.165) is 6.54 Å². The van der Waals surface area contributed by atoms with Crippen LogP contribution in [0.25, 0.3) is 0 Å². The average molecular weight is 168 g/mol. The van der Waals surface area contributed by atoms with Crippen LogP contribution in [0.3, 0.4) is 0 Å². The third-order valence-electron chi connectivity index (χ3n) is 2.58. The van der Waals surface area contributed by atoms with E-state index >= 15 is 0 Å². The fraction of sp³-hybridized carbons (Fsp3) is 0.889. The first-order chi connectivity index (χ1) is 5.58. The summed E-state index contributed by atoms with van der Waals surface area (Å²) in [6, 6.07) is 2.13. The second-order valence-electron chi connectivity index (χ2n) is 3.83. The Hall–Kier alpha value is -0.590. The van der Waals surface area contributed by atoms with Gasteiger partial charge < -0.3 is 10.1 Å². The Morgan fingerprint density at radius 1 is 1.67 bits per heavy atom. The van der Waals surface area contributed by atoms with Crippen molar-refractivity contribution in [3.05, 3.63) is 0 Å². The highest BCUT2D eigenvalue weighted by atomic mass is 16.5. The van der Waals surface area contributed by atoms with E-state index in [0.29, 0.717) is 12.5 Å². The van der Waals surface area contributed by atoms with E-state index in [1.54, 1.807) is 0 Å². The van der Waals surface area contributed by atoms with Crippen LogP contribution in [0.2, 0.25) is 0 Å². The molecule has 3 nitrogen and oxygen atoms in total. The van der Waals surface area contributed by atoms with Gasteiger partial charge in [-0.15, -0.1) is 0 Å². The van der Waals surface area contributed by atoms with Crippen LogP contribution in [0.15, 0.2) is 0 Å². The van der Waals surface area contributed by atoms with Gasteiger partial charge in [0.15, 0.2) is 6.10 Å². The Labute approximate surface area is 73.7 Å². The minimum Gasteiger partial charge on any atom is -0.354 e. The topological polar surface area (TPSA) is 45.0 Å². The highest BCUT2D eigenvalue weighted by Gasteiger charge is 2.35. The van der Waals surface area contributed by atoms with Crippen LogP contribution < -0.4 is 5.32 Å². The fourth-order valence-electron chi connectivity index (χ4n) is 1.27. The molecule has 1 fully saturated rings. The third-order valence-corrected chi connectivity index (χ3v) is 2.58. The zero-order valence-corrected chi connectivity index (χ0v) is 7.92. The molecule has 3 heteroatoms. The monoisotopic (exact) mass is 168 g/mol. The Bertz CT molecular complexity index is 197. The molecule has 0 aliphatic carbocycles. The van der Waals surface area contributed by atoms with E-state index in [2.05, 4.69) is 25.2 Å². The molecule has 0 amide bonds. The molecule has 0 saturated carbocycles. The van der Waals surface area contributed by atoms with Gasteiger partial charge in [-0.2, -0.15) is 5.26 Å². The lowest BCUT2D eigenvalue weighted by atomic mass is 9.90. The van der Waals surface area contributed by atoms with Crippen molar-refractivity contribution < 1.29 is 4.74 Å². The molecular weight excluding hydrogens is 152 g/mol. The third kappa shape index (κ3) is 1.77. The number of morpholine rings is 1. The first-order valence-electron chi connectivity index (χ1n) is 4.36. The summed E-state index contributed by atoms with van der Waals surface area (Å²) in [6.07, 6.45) is -0.286. The molecule has 1 saturated heterocycles. The Kier molecular flexibility index (Phi) is 2.71. The van der Waals surface area contributed by atoms with Gasteiger partial charge in [-0.1, -0.05) is 13.8 Å². The molecular formula is C9H16N2O. The van der Waals surface area contributed by atoms with Gasteiger partial charge in [-0.25, -0.2) is 0 Å². The second kappa shape index (κ2) is 3.42. The number of hydrogen-bond donors (Lipinski definition) is 1. The van der Waals surface area contributed by atoms with Gasteiger partial charge in [0.1, 0.15) is 0 Å². The predicted octanol–water partition coefficient (Wildman–Crippen LogP) is 0.913. The second-order valence-corrected chi connectivity index (χ2v) is 3.83. The molecule has 1 aliphatic heterocycles. The molecule has 0 spiro atoms. The standard InChI is InChI=1S/C9H16N2O/c1-7(2)9(3)6-11-5-8(4-10)12-9/h7-8,11H,5-6H2,1-3H3. The van der Waals surface area contributed by atoms with Crippen molar-refractivity contribution in [1.29, 1.82) is 5.26 Å². The smallest absolute Gasteiger partial charge is 0.157 e. The normalized spacial score (nSPS) is 36.4. The van der Waals surface area contributed by atoms with Crippen LogP contribution >= 0.6 is 0 Å². The van der Waals surface area contributed by atoms with Crippen LogP contribution in [0.5, 0.6) is 0 Å². The lowest BCUT2D eigenvalue weighted by molar-refractivity contribution is -0.109. The summed E-state index contributed by atoms with van der Waals surface area (Å²) in [7, 11) is 0. The molecule has 2 atom stereocenters. The number of ether oxygens (including phenoxy) is 1. The number of hydrogen-bond acceptors (Lipinski definition) is 3. The van der Waals surface area contributed by atoms with Crippen molar-refractivity contribution in [1.82, 2.24) is 5.32 Å². The highest BCUT2D eigenvalue weighted by Crippen LogP contribution is 2.24. The zero-order valence-electron chi connectivity index (χ0n) is 7.92. The summed E-state index contributed by atoms with van der Waals surface area (Å²) in [5.41, 5.74) is -0.182. The number of nitriles is 1. The molecule has 68 valence electrons. The van der Waals surface area contributed by atoms with Crippen molar-refractivity contribution >= 4 is 0 Å². The molecule has 0 aromatic heterocycles. The van der Waals surface area contributed by atoms with Gasteiger partial charge in [0.2, 0.25) is 0 Å². The predicted molar refractivity (Wildman–Crippen MR) is 46.6 cm³/mol. The first-order valence-corrected chi connectivity index (χ1v) is 4.36. The van der Waals surface area contributed by atoms with Gasteiger partial charge in [0, 0.05) is 13.1 Å². The molecule has 0 radical (unpaired) electrons. The number of nitrogens with one attached hydrogen (secondary N) is 1. The summed E-state index contributed by atoms with van der Waals surface area (Å²) < 4.78 is 5.66. The number of rotatable bonds is 1. The maximum Gasteiger partial charge on any atom is 0.157 e. The summed E-state index contributed by atoms with van der Waals surface area (Å²) in [4.78, 5) is 0. The van der Waals surface area contributed by atoms with Crippen LogP contribution in [0.4, 0.5) is 0 Å². The quantitative estimate of drug-likeness (QED) is 0.633. The SMILES string of the molecule is CC(C)C1(C)CNCC(C#N)O1. The van der Waals surface area contributed by atoms with Gasteiger partial charge in [-0.05, 0) is 12.8 Å². The van der Waals surface area contributed by atoms with Gasteiger partial charge in [0.25, 0.3) is 0 Å². The van der Waals surface area contributed by atoms with Gasteiger partial charge >= 0.3 is 0 Å². The Morgan fingerprint density at radius 2 is 2.33 bits per heavy atom. The highest BCUT2D eigenvalue weighted by molar-refractivity contribution is 4.96. The zero-order chi connectivity index (χ0) is 9.19. The molecule has 12 heavy (non-hydrogen) atoms. The van der Waals surface area contributed by atoms with Crippen LogP contribution in [-0.4, -0.2) is 24.8 Å². The lowest BCUT2D eigenvalue weighted by Gasteiger charge is -2.39. The Morgan fingerprint density at radius 3 is 2.83 bits per heavy atom. The minimum absolute atomic E-state index is 0.182. The Balaban J connectivity index is 2.62. The molecule has 1 heterocycles. The summed E-state index contributed by atoms with van der Waals surface area (Å²) in [6.45, 7) is 7.76. The number of nitrogens with zero attached hydrogens (tertiary/aromatic N) is 1. The maximum absolute atomic E-state index is 8.69. The van der Waals surface area contributed by atoms with Gasteiger partial charge in [0.05, 0.1) is 11.7 Å². The maximum atomic E-state index is 8.69. The molecule has 0 aromatic carbocycles. The van der Waals surface area contributed by atoms with Crippen LogP contribution in [0.1, 0.15) is 20.8 Å². The van der Waals surface area contributed by atoms with E-state index in [4.69, 9.17) is 10.00 Å². The summed E-state index contributed by atoms with van der Waals surface area (Å²) >= 11 is 0. The van der Waals surface area contributed by atoms with Crippen molar-refractivity contribution in [2.24, 2.45) is 5.92 Å². The van der Waals surface area contributed by atoms with Crippen molar-refractivity contribution in [2.45, 2.75) is 32.5 Å². The average Bonchev–Trinajstić information content (AvgIpc) is 2.04. The van der Waals surface area contributed by atoms with E-state index in [1.807, 2.05) is 6.92 Å². The van der Waals surface area contributed by atoms with E-state index < -0.39 is 0 Å². The fourth-order valence-corrected chi connectivity index (χ4v) is 1.27. The van der Waals surface area contributed by atoms with Crippen molar-refractivity contribution in [3.8, 4) is 6.07 Å². The first kappa shape index (κ1) is 9.50. The van der Waals surface area contributed by atoms with Crippen LogP contribution in [-0.2, 0) is 4.74 Å². The minimum atomic E-state index is -0.286. The molecule has 2 unspecified atom stereocenters. The largest absolute Gasteiger partial charge is 0.354 e. The molecule has 0 bridgehead atoms. The van der Waals surface area contributed by atoms with Crippen molar-refractivity contribution in [3.63, 3.8) is 0 Å². The van der Waals surface area contributed by atoms with E-state index in [9.17, 15) is 0 Å². The summed E-state index contributed by atoms with van der Waals surface area (Å²) in [5, 5.41) is 11.9. The summed E-state index contributed by atoms with van der Waals surface area (Å²) in [5.74, 6) is 0.432. The van der Waals surface area contributed by atoms with E-state index in [1.165, 1.54) is 0 Å². The van der Waals surface area contributed by atoms with Crippen molar-refractivity contribution in [2.75, 3.05) is 13.1 Å². The lowest BCUT2D eigenvalue weighted by Crippen LogP contribution is -2.54.